The predicted octanol–water partition coefficient (Wildman–Crippen LogP) is 2.41. The maximum atomic E-state index is 12.0. The first-order valence-corrected chi connectivity index (χ1v) is 10.00. The third kappa shape index (κ3) is 3.65. The zero-order chi connectivity index (χ0) is 20.4. The molecule has 7 heteroatoms. The first-order chi connectivity index (χ1) is 14.1. The summed E-state index contributed by atoms with van der Waals surface area (Å²) in [5.74, 6) is 1.85. The summed E-state index contributed by atoms with van der Waals surface area (Å²) < 4.78 is 0. The number of fused-ring (bicyclic) bond motifs is 1. The molecule has 4 rings (SSSR count). The summed E-state index contributed by atoms with van der Waals surface area (Å²) in [5, 5.41) is 10.4. The average molecular weight is 393 g/mol. The number of nitrogens with zero attached hydrogens (tertiary/aromatic N) is 4. The molecule has 1 aromatic carbocycles. The van der Waals surface area contributed by atoms with Crippen LogP contribution < -0.4 is 14.7 Å². The SMILES string of the molecule is CCN(C)c1cccnc1N1CCN(c2cc3ccc(CO)cc3[nH]2)C(C=O)C1. The summed E-state index contributed by atoms with van der Waals surface area (Å²) in [6.07, 6.45) is 2.82. The topological polar surface area (TPSA) is 75.7 Å². The molecule has 2 N–H and O–H groups in total. The van der Waals surface area contributed by atoms with Crippen LogP contribution in [0.2, 0.25) is 0 Å². The molecule has 152 valence electrons. The number of aromatic amines is 1. The van der Waals surface area contributed by atoms with Gasteiger partial charge >= 0.3 is 0 Å². The summed E-state index contributed by atoms with van der Waals surface area (Å²) in [6.45, 7) is 5.10. The molecular weight excluding hydrogens is 366 g/mol. The molecule has 1 aliphatic rings. The van der Waals surface area contributed by atoms with Gasteiger partial charge in [-0.05, 0) is 36.8 Å². The van der Waals surface area contributed by atoms with E-state index in [1.54, 1.807) is 6.20 Å². The Bertz CT molecular complexity index is 1000. The van der Waals surface area contributed by atoms with Crippen LogP contribution in [-0.4, -0.2) is 60.6 Å². The Morgan fingerprint density at radius 2 is 2.17 bits per heavy atom. The lowest BCUT2D eigenvalue weighted by molar-refractivity contribution is -0.109. The fraction of sp³-hybridized carbons (Fsp3) is 0.364. The number of aliphatic hydroxyl groups is 1. The number of carbonyl (C=O) groups excluding carboxylic acids is 1. The number of benzene rings is 1. The van der Waals surface area contributed by atoms with Gasteiger partial charge in [0.2, 0.25) is 0 Å². The van der Waals surface area contributed by atoms with Crippen LogP contribution in [0.15, 0.2) is 42.6 Å². The number of rotatable bonds is 6. The Morgan fingerprint density at radius 1 is 1.31 bits per heavy atom. The minimum atomic E-state index is -0.268. The highest BCUT2D eigenvalue weighted by Crippen LogP contribution is 2.30. The van der Waals surface area contributed by atoms with E-state index in [1.807, 2.05) is 24.3 Å². The molecule has 0 radical (unpaired) electrons. The molecule has 1 saturated heterocycles. The van der Waals surface area contributed by atoms with Crippen molar-refractivity contribution >= 4 is 34.5 Å². The monoisotopic (exact) mass is 393 g/mol. The van der Waals surface area contributed by atoms with Gasteiger partial charge in [0.15, 0.2) is 5.82 Å². The molecular formula is C22H27N5O2. The summed E-state index contributed by atoms with van der Waals surface area (Å²) in [4.78, 5) is 26.5. The molecule has 1 aliphatic heterocycles. The lowest BCUT2D eigenvalue weighted by Gasteiger charge is -2.41. The van der Waals surface area contributed by atoms with Crippen LogP contribution in [0.1, 0.15) is 12.5 Å². The number of hydrogen-bond acceptors (Lipinski definition) is 6. The van der Waals surface area contributed by atoms with Crippen molar-refractivity contribution in [1.29, 1.82) is 0 Å². The van der Waals surface area contributed by atoms with Crippen molar-refractivity contribution in [2.24, 2.45) is 0 Å². The van der Waals surface area contributed by atoms with E-state index in [-0.39, 0.29) is 12.6 Å². The van der Waals surface area contributed by atoms with E-state index in [9.17, 15) is 9.90 Å². The van der Waals surface area contributed by atoms with Gasteiger partial charge in [-0.1, -0.05) is 12.1 Å². The van der Waals surface area contributed by atoms with E-state index in [0.717, 1.165) is 59.7 Å². The van der Waals surface area contributed by atoms with Gasteiger partial charge in [0.25, 0.3) is 0 Å². The molecule has 3 aromatic rings. The van der Waals surface area contributed by atoms with Crippen LogP contribution >= 0.6 is 0 Å². The average Bonchev–Trinajstić information content (AvgIpc) is 3.21. The van der Waals surface area contributed by atoms with Gasteiger partial charge in [-0.15, -0.1) is 0 Å². The Kier molecular flexibility index (Phi) is 5.40. The lowest BCUT2D eigenvalue weighted by atomic mass is 10.1. The number of pyridine rings is 1. The fourth-order valence-corrected chi connectivity index (χ4v) is 3.93. The molecule has 1 unspecified atom stereocenters. The van der Waals surface area contributed by atoms with Crippen LogP contribution in [0, 0.1) is 0 Å². The Balaban J connectivity index is 1.59. The lowest BCUT2D eigenvalue weighted by Crippen LogP contribution is -2.54. The second-order valence-corrected chi connectivity index (χ2v) is 7.44. The van der Waals surface area contributed by atoms with E-state index in [2.05, 4.69) is 50.8 Å². The van der Waals surface area contributed by atoms with Gasteiger partial charge in [0.05, 0.1) is 12.3 Å². The zero-order valence-corrected chi connectivity index (χ0v) is 16.9. The van der Waals surface area contributed by atoms with Crippen molar-refractivity contribution in [3.8, 4) is 0 Å². The van der Waals surface area contributed by atoms with Crippen molar-refractivity contribution < 1.29 is 9.90 Å². The van der Waals surface area contributed by atoms with Crippen LogP contribution in [0.4, 0.5) is 17.3 Å². The van der Waals surface area contributed by atoms with Crippen molar-refractivity contribution in [3.05, 3.63) is 48.2 Å². The van der Waals surface area contributed by atoms with Crippen LogP contribution in [0.3, 0.4) is 0 Å². The Morgan fingerprint density at radius 3 is 2.93 bits per heavy atom. The maximum absolute atomic E-state index is 12.0. The van der Waals surface area contributed by atoms with Crippen LogP contribution in [0.25, 0.3) is 10.9 Å². The van der Waals surface area contributed by atoms with E-state index in [1.165, 1.54) is 0 Å². The summed E-state index contributed by atoms with van der Waals surface area (Å²) in [5.41, 5.74) is 2.91. The van der Waals surface area contributed by atoms with Gasteiger partial charge in [-0.25, -0.2) is 4.98 Å². The van der Waals surface area contributed by atoms with Crippen molar-refractivity contribution in [3.63, 3.8) is 0 Å². The van der Waals surface area contributed by atoms with Gasteiger partial charge in [0.1, 0.15) is 18.1 Å². The third-order valence-electron chi connectivity index (χ3n) is 5.69. The van der Waals surface area contributed by atoms with Crippen molar-refractivity contribution in [2.45, 2.75) is 19.6 Å². The van der Waals surface area contributed by atoms with E-state index in [4.69, 9.17) is 0 Å². The van der Waals surface area contributed by atoms with E-state index in [0.29, 0.717) is 6.54 Å². The molecule has 0 saturated carbocycles. The number of aldehydes is 1. The van der Waals surface area contributed by atoms with Crippen LogP contribution in [-0.2, 0) is 11.4 Å². The zero-order valence-electron chi connectivity index (χ0n) is 16.9. The summed E-state index contributed by atoms with van der Waals surface area (Å²) in [7, 11) is 2.05. The molecule has 3 heterocycles. The van der Waals surface area contributed by atoms with Gasteiger partial charge < -0.3 is 29.6 Å². The maximum Gasteiger partial charge on any atom is 0.152 e. The fourth-order valence-electron chi connectivity index (χ4n) is 3.93. The van der Waals surface area contributed by atoms with Crippen molar-refractivity contribution in [1.82, 2.24) is 9.97 Å². The quantitative estimate of drug-likeness (QED) is 0.627. The molecule has 0 aliphatic carbocycles. The molecule has 29 heavy (non-hydrogen) atoms. The molecule has 0 bridgehead atoms. The van der Waals surface area contributed by atoms with Gasteiger partial charge in [-0.3, -0.25) is 0 Å². The molecule has 7 nitrogen and oxygen atoms in total. The number of piperazine rings is 1. The molecule has 2 aromatic heterocycles. The van der Waals surface area contributed by atoms with E-state index >= 15 is 0 Å². The largest absolute Gasteiger partial charge is 0.392 e. The second kappa shape index (κ2) is 8.13. The highest BCUT2D eigenvalue weighted by Gasteiger charge is 2.30. The summed E-state index contributed by atoms with van der Waals surface area (Å²) in [6, 6.07) is 11.7. The van der Waals surface area contributed by atoms with Gasteiger partial charge in [0, 0.05) is 50.3 Å². The second-order valence-electron chi connectivity index (χ2n) is 7.44. The first-order valence-electron chi connectivity index (χ1n) is 10.00. The normalized spacial score (nSPS) is 17.0. The predicted molar refractivity (Wildman–Crippen MR) is 117 cm³/mol. The Hall–Kier alpha value is -3.06. The molecule has 1 fully saturated rings. The highest BCUT2D eigenvalue weighted by molar-refractivity contribution is 5.85. The highest BCUT2D eigenvalue weighted by atomic mass is 16.3. The number of hydrogen-bond donors (Lipinski definition) is 2. The summed E-state index contributed by atoms with van der Waals surface area (Å²) >= 11 is 0. The minimum absolute atomic E-state index is 0.0124. The standard InChI is InChI=1S/C22H27N5O2/c1-3-25(2)20-5-4-8-23-22(20)26-9-10-27(18(13-26)15-29)21-12-17-7-6-16(14-28)11-19(17)24-21/h4-8,11-12,15,18,24,28H,3,9-10,13-14H2,1-2H3. The Labute approximate surface area is 170 Å². The smallest absolute Gasteiger partial charge is 0.152 e. The number of aromatic nitrogens is 2. The van der Waals surface area contributed by atoms with Gasteiger partial charge in [-0.2, -0.15) is 0 Å². The molecule has 1 atom stereocenters. The number of H-pyrrole nitrogens is 1. The first kappa shape index (κ1) is 19.3. The molecule has 0 amide bonds. The van der Waals surface area contributed by atoms with E-state index < -0.39 is 0 Å². The number of nitrogens with one attached hydrogen (secondary N) is 1. The number of aliphatic hydroxyl groups excluding tert-OH is 1. The number of carbonyl (C=O) groups is 1. The minimum Gasteiger partial charge on any atom is -0.392 e. The number of anilines is 3. The molecule has 0 spiro atoms. The van der Waals surface area contributed by atoms with Crippen LogP contribution in [0.5, 0.6) is 0 Å². The third-order valence-corrected chi connectivity index (χ3v) is 5.69. The van der Waals surface area contributed by atoms with Crippen molar-refractivity contribution in [2.75, 3.05) is 47.9 Å².